The van der Waals surface area contributed by atoms with Gasteiger partial charge in [0, 0.05) is 16.3 Å². The summed E-state index contributed by atoms with van der Waals surface area (Å²) in [6.07, 6.45) is 0. The highest BCUT2D eigenvalue weighted by Crippen LogP contribution is 2.39. The van der Waals surface area contributed by atoms with E-state index in [1.165, 1.54) is 54.6 Å². The van der Waals surface area contributed by atoms with Gasteiger partial charge >= 0.3 is 6.03 Å². The lowest BCUT2D eigenvalue weighted by molar-refractivity contribution is 0.103. The molecule has 4 rings (SSSR count). The highest BCUT2D eigenvalue weighted by molar-refractivity contribution is 7.18. The maximum Gasteiger partial charge on any atom is 0.325 e. The number of rotatable bonds is 5. The van der Waals surface area contributed by atoms with Gasteiger partial charge in [0.2, 0.25) is 5.13 Å². The van der Waals surface area contributed by atoms with Crippen molar-refractivity contribution in [3.8, 4) is 16.3 Å². The van der Waals surface area contributed by atoms with Crippen molar-refractivity contribution in [3.05, 3.63) is 87.7 Å². The van der Waals surface area contributed by atoms with Crippen molar-refractivity contribution >= 4 is 57.2 Å². The van der Waals surface area contributed by atoms with E-state index in [4.69, 9.17) is 23.2 Å². The molecule has 0 atom stereocenters. The van der Waals surface area contributed by atoms with Gasteiger partial charge in [-0.25, -0.2) is 9.18 Å². The summed E-state index contributed by atoms with van der Waals surface area (Å²) < 4.78 is 13.8. The number of amides is 2. The number of halogens is 3. The van der Waals surface area contributed by atoms with Crippen LogP contribution in [0.4, 0.5) is 20.0 Å². The molecule has 0 aliphatic heterocycles. The summed E-state index contributed by atoms with van der Waals surface area (Å²) in [7, 11) is 0. The Hall–Kier alpha value is -3.53. The second-order valence-electron chi connectivity index (χ2n) is 6.66. The number of carbonyl (C=O) groups excluding carboxylic acids is 2. The van der Waals surface area contributed by atoms with Crippen LogP contribution in [-0.4, -0.2) is 27.1 Å². The van der Waals surface area contributed by atoms with Crippen LogP contribution in [-0.2, 0) is 0 Å². The zero-order valence-corrected chi connectivity index (χ0v) is 18.8. The monoisotopic (exact) mass is 502 g/mol. The molecule has 0 aliphatic rings. The number of benzene rings is 3. The molecule has 0 fully saturated rings. The third-order valence-corrected chi connectivity index (χ3v) is 5.81. The van der Waals surface area contributed by atoms with E-state index < -0.39 is 17.6 Å². The van der Waals surface area contributed by atoms with Crippen LogP contribution in [0.25, 0.3) is 10.6 Å². The molecule has 3 aromatic carbocycles. The summed E-state index contributed by atoms with van der Waals surface area (Å²) in [5.41, 5.74) is 0.935. The molecule has 33 heavy (non-hydrogen) atoms. The number of hydrogen-bond donors (Lipinski definition) is 3. The second kappa shape index (κ2) is 9.53. The van der Waals surface area contributed by atoms with Crippen molar-refractivity contribution in [2.75, 3.05) is 10.6 Å². The Bertz CT molecular complexity index is 1360. The van der Waals surface area contributed by atoms with Crippen molar-refractivity contribution in [3.63, 3.8) is 0 Å². The van der Waals surface area contributed by atoms with E-state index in [1.807, 2.05) is 0 Å². The molecule has 0 unspecified atom stereocenters. The van der Waals surface area contributed by atoms with Gasteiger partial charge in [-0.15, -0.1) is 10.2 Å². The maximum atomic E-state index is 13.8. The summed E-state index contributed by atoms with van der Waals surface area (Å²) >= 11 is 12.9. The van der Waals surface area contributed by atoms with Gasteiger partial charge in [-0.2, -0.15) is 0 Å². The summed E-state index contributed by atoms with van der Waals surface area (Å²) in [6.45, 7) is 0. The molecule has 0 aliphatic carbocycles. The first kappa shape index (κ1) is 22.7. The van der Waals surface area contributed by atoms with E-state index in [2.05, 4.69) is 20.8 Å². The molecular formula is C22H13Cl2FN4O3S. The average molecular weight is 503 g/mol. The first-order valence-corrected chi connectivity index (χ1v) is 10.9. The van der Waals surface area contributed by atoms with E-state index >= 15 is 0 Å². The number of nitrogens with zero attached hydrogens (tertiary/aromatic N) is 2. The standard InChI is InChI=1S/C22H13Cl2FN4O3S/c23-12-9-15(19(31)16(24)10-12)20-28-29-22(33-20)27-21(32)26-13-7-5-11(6-8-13)18(30)14-3-1-2-4-17(14)25/h1-10,31H,(H2,26,27,29,32). The van der Waals surface area contributed by atoms with Crippen molar-refractivity contribution in [2.24, 2.45) is 0 Å². The highest BCUT2D eigenvalue weighted by Gasteiger charge is 2.16. The largest absolute Gasteiger partial charge is 0.506 e. The molecule has 4 aromatic rings. The van der Waals surface area contributed by atoms with Crippen LogP contribution in [0.3, 0.4) is 0 Å². The molecule has 7 nitrogen and oxygen atoms in total. The van der Waals surface area contributed by atoms with Gasteiger partial charge in [-0.3, -0.25) is 10.1 Å². The number of phenols is 1. The van der Waals surface area contributed by atoms with E-state index in [1.54, 1.807) is 6.07 Å². The van der Waals surface area contributed by atoms with Crippen LogP contribution in [0.1, 0.15) is 15.9 Å². The predicted molar refractivity (Wildman–Crippen MR) is 126 cm³/mol. The van der Waals surface area contributed by atoms with Gasteiger partial charge in [-0.1, -0.05) is 46.7 Å². The topological polar surface area (TPSA) is 104 Å². The predicted octanol–water partition coefficient (Wildman–Crippen LogP) is 6.23. The van der Waals surface area contributed by atoms with Crippen molar-refractivity contribution in [1.82, 2.24) is 10.2 Å². The van der Waals surface area contributed by atoms with Crippen LogP contribution in [0, 0.1) is 5.82 Å². The minimum atomic E-state index is -0.603. The second-order valence-corrected chi connectivity index (χ2v) is 8.48. The third kappa shape index (κ3) is 5.11. The quantitative estimate of drug-likeness (QED) is 0.280. The molecule has 1 heterocycles. The third-order valence-electron chi connectivity index (χ3n) is 4.43. The van der Waals surface area contributed by atoms with Gasteiger partial charge in [0.25, 0.3) is 0 Å². The summed E-state index contributed by atoms with van der Waals surface area (Å²) in [6, 6.07) is 14.0. The van der Waals surface area contributed by atoms with E-state index in [-0.39, 0.29) is 32.6 Å². The van der Waals surface area contributed by atoms with Gasteiger partial charge in [-0.05, 0) is 48.5 Å². The number of urea groups is 1. The number of anilines is 2. The molecule has 0 saturated carbocycles. The molecule has 0 radical (unpaired) electrons. The Morgan fingerprint density at radius 3 is 2.42 bits per heavy atom. The van der Waals surface area contributed by atoms with Gasteiger partial charge in [0.05, 0.1) is 16.1 Å². The maximum absolute atomic E-state index is 13.8. The Morgan fingerprint density at radius 1 is 0.970 bits per heavy atom. The Kier molecular flexibility index (Phi) is 6.55. The van der Waals surface area contributed by atoms with E-state index in [0.717, 1.165) is 11.3 Å². The van der Waals surface area contributed by atoms with Crippen LogP contribution >= 0.6 is 34.5 Å². The molecule has 2 amide bonds. The van der Waals surface area contributed by atoms with E-state index in [0.29, 0.717) is 15.7 Å². The Morgan fingerprint density at radius 2 is 1.70 bits per heavy atom. The van der Waals surface area contributed by atoms with Gasteiger partial charge < -0.3 is 10.4 Å². The minimum absolute atomic E-state index is 0.0324. The lowest BCUT2D eigenvalue weighted by Gasteiger charge is -2.07. The summed E-state index contributed by atoms with van der Waals surface area (Å²) in [4.78, 5) is 24.7. The first-order valence-electron chi connectivity index (χ1n) is 9.31. The highest BCUT2D eigenvalue weighted by atomic mass is 35.5. The van der Waals surface area contributed by atoms with Crippen molar-refractivity contribution in [2.45, 2.75) is 0 Å². The average Bonchev–Trinajstić information content (AvgIpc) is 3.24. The zero-order valence-electron chi connectivity index (χ0n) is 16.5. The minimum Gasteiger partial charge on any atom is -0.506 e. The molecule has 1 aromatic heterocycles. The number of carbonyl (C=O) groups is 2. The Labute approximate surface area is 200 Å². The number of hydrogen-bond acceptors (Lipinski definition) is 6. The van der Waals surface area contributed by atoms with Crippen molar-refractivity contribution < 1.29 is 19.1 Å². The molecule has 0 saturated heterocycles. The van der Waals surface area contributed by atoms with Crippen LogP contribution in [0.2, 0.25) is 10.0 Å². The summed E-state index contributed by atoms with van der Waals surface area (Å²) in [5.74, 6) is -1.26. The number of ketones is 1. The number of aromatic hydroxyl groups is 1. The molecule has 11 heteroatoms. The van der Waals surface area contributed by atoms with Crippen LogP contribution < -0.4 is 10.6 Å². The number of nitrogens with one attached hydrogen (secondary N) is 2. The summed E-state index contributed by atoms with van der Waals surface area (Å²) in [5, 5.41) is 23.9. The number of phenolic OH excluding ortho intramolecular Hbond substituents is 1. The Balaban J connectivity index is 1.42. The molecular weight excluding hydrogens is 490 g/mol. The molecule has 0 bridgehead atoms. The van der Waals surface area contributed by atoms with Gasteiger partial charge in [0.1, 0.15) is 11.6 Å². The molecule has 166 valence electrons. The number of aromatic nitrogens is 2. The normalized spacial score (nSPS) is 10.6. The first-order chi connectivity index (χ1) is 15.8. The van der Waals surface area contributed by atoms with E-state index in [9.17, 15) is 19.1 Å². The van der Waals surface area contributed by atoms with Crippen LogP contribution in [0.5, 0.6) is 5.75 Å². The lowest BCUT2D eigenvalue weighted by Crippen LogP contribution is -2.19. The zero-order chi connectivity index (χ0) is 23.5. The fraction of sp³-hybridized carbons (Fsp3) is 0. The smallest absolute Gasteiger partial charge is 0.325 e. The SMILES string of the molecule is O=C(Nc1ccc(C(=O)c2ccccc2F)cc1)Nc1nnc(-c2cc(Cl)cc(Cl)c2O)s1. The van der Waals surface area contributed by atoms with Crippen LogP contribution in [0.15, 0.2) is 60.7 Å². The fourth-order valence-corrected chi connectivity index (χ4v) is 4.13. The molecule has 3 N–H and O–H groups in total. The lowest BCUT2D eigenvalue weighted by atomic mass is 10.0. The van der Waals surface area contributed by atoms with Gasteiger partial charge in [0.15, 0.2) is 10.8 Å². The fourth-order valence-electron chi connectivity index (χ4n) is 2.88. The molecule has 0 spiro atoms. The van der Waals surface area contributed by atoms with Crippen molar-refractivity contribution in [1.29, 1.82) is 0 Å².